The number of nitrogens with zero attached hydrogens (tertiary/aromatic N) is 1. The van der Waals surface area contributed by atoms with Gasteiger partial charge >= 0.3 is 0 Å². The van der Waals surface area contributed by atoms with Gasteiger partial charge in [-0.05, 0) is 36.0 Å². The summed E-state index contributed by atoms with van der Waals surface area (Å²) >= 11 is 0. The van der Waals surface area contributed by atoms with Crippen molar-refractivity contribution in [2.24, 2.45) is 5.92 Å². The van der Waals surface area contributed by atoms with Crippen LogP contribution in [0.5, 0.6) is 0 Å². The quantitative estimate of drug-likeness (QED) is 0.658. The third-order valence-electron chi connectivity index (χ3n) is 4.85. The van der Waals surface area contributed by atoms with Crippen molar-refractivity contribution in [1.29, 1.82) is 0 Å². The van der Waals surface area contributed by atoms with Crippen molar-refractivity contribution in [3.8, 4) is 0 Å². The summed E-state index contributed by atoms with van der Waals surface area (Å²) in [6.07, 6.45) is 1.08. The number of benzene rings is 2. The maximum atomic E-state index is 14.1. The van der Waals surface area contributed by atoms with Gasteiger partial charge in [-0.3, -0.25) is 9.59 Å². The molecule has 2 rings (SSSR count). The molecule has 0 aliphatic carbocycles. The minimum Gasteiger partial charge on any atom is -0.354 e. The second kappa shape index (κ2) is 11.3. The summed E-state index contributed by atoms with van der Waals surface area (Å²) in [7, 11) is 0. The van der Waals surface area contributed by atoms with E-state index in [1.807, 2.05) is 51.1 Å². The van der Waals surface area contributed by atoms with Crippen molar-refractivity contribution >= 4 is 11.8 Å². The van der Waals surface area contributed by atoms with Crippen LogP contribution in [0.4, 0.5) is 4.39 Å². The fourth-order valence-corrected chi connectivity index (χ4v) is 3.22. The lowest BCUT2D eigenvalue weighted by molar-refractivity contribution is -0.140. The predicted octanol–water partition coefficient (Wildman–Crippen LogP) is 3.99. The molecule has 156 valence electrons. The van der Waals surface area contributed by atoms with Crippen LogP contribution in [0.25, 0.3) is 0 Å². The third-order valence-corrected chi connectivity index (χ3v) is 4.85. The normalized spacial score (nSPS) is 11.9. The molecule has 0 fully saturated rings. The first-order chi connectivity index (χ1) is 13.9. The molecule has 0 bridgehead atoms. The Morgan fingerprint density at radius 3 is 2.31 bits per heavy atom. The van der Waals surface area contributed by atoms with E-state index >= 15 is 0 Å². The van der Waals surface area contributed by atoms with Gasteiger partial charge in [-0.15, -0.1) is 0 Å². The first-order valence-corrected chi connectivity index (χ1v) is 10.3. The van der Waals surface area contributed by atoms with Gasteiger partial charge in [0.2, 0.25) is 11.8 Å². The molecule has 5 heteroatoms. The van der Waals surface area contributed by atoms with Crippen molar-refractivity contribution in [2.75, 3.05) is 13.1 Å². The molecule has 0 unspecified atom stereocenters. The van der Waals surface area contributed by atoms with Crippen molar-refractivity contribution in [2.45, 2.75) is 46.1 Å². The highest BCUT2D eigenvalue weighted by Crippen LogP contribution is 2.14. The highest BCUT2D eigenvalue weighted by Gasteiger charge is 2.28. The van der Waals surface area contributed by atoms with Crippen LogP contribution < -0.4 is 5.32 Å². The molecule has 1 atom stereocenters. The number of halogens is 1. The Morgan fingerprint density at radius 1 is 1.03 bits per heavy atom. The second-order valence-electron chi connectivity index (χ2n) is 7.65. The Morgan fingerprint density at radius 2 is 1.69 bits per heavy atom. The van der Waals surface area contributed by atoms with E-state index < -0.39 is 11.9 Å². The highest BCUT2D eigenvalue weighted by atomic mass is 19.1. The minimum atomic E-state index is -0.572. The van der Waals surface area contributed by atoms with E-state index in [1.165, 1.54) is 6.07 Å². The molecule has 29 heavy (non-hydrogen) atoms. The molecule has 0 aliphatic heterocycles. The lowest BCUT2D eigenvalue weighted by atomic mass is 10.1. The molecule has 0 spiro atoms. The van der Waals surface area contributed by atoms with Gasteiger partial charge in [-0.25, -0.2) is 4.39 Å². The van der Waals surface area contributed by atoms with E-state index in [0.29, 0.717) is 37.4 Å². The zero-order valence-corrected chi connectivity index (χ0v) is 17.5. The van der Waals surface area contributed by atoms with Crippen LogP contribution >= 0.6 is 0 Å². The average molecular weight is 399 g/mol. The summed E-state index contributed by atoms with van der Waals surface area (Å²) < 4.78 is 14.1. The lowest BCUT2D eigenvalue weighted by Crippen LogP contribution is -2.51. The minimum absolute atomic E-state index is 0.0601. The Balaban J connectivity index is 2.19. The van der Waals surface area contributed by atoms with Crippen molar-refractivity contribution < 1.29 is 14.0 Å². The van der Waals surface area contributed by atoms with Crippen LogP contribution in [0, 0.1) is 11.7 Å². The monoisotopic (exact) mass is 398 g/mol. The standard InChI is InChI=1S/C24H31FN2O2/c1-4-22(24(29)26-17-18(2)3)27(15-14-19-10-6-5-7-11-19)23(28)16-20-12-8-9-13-21(20)25/h5-13,18,22H,4,14-17H2,1-3H3,(H,26,29)/t22-/m1/s1. The zero-order chi connectivity index (χ0) is 21.2. The van der Waals surface area contributed by atoms with Crippen LogP contribution in [-0.4, -0.2) is 35.8 Å². The van der Waals surface area contributed by atoms with E-state index in [4.69, 9.17) is 0 Å². The molecule has 0 radical (unpaired) electrons. The Kier molecular flexibility index (Phi) is 8.84. The van der Waals surface area contributed by atoms with Gasteiger partial charge in [-0.1, -0.05) is 69.3 Å². The van der Waals surface area contributed by atoms with Crippen molar-refractivity contribution in [1.82, 2.24) is 10.2 Å². The summed E-state index contributed by atoms with van der Waals surface area (Å²) in [4.78, 5) is 27.5. The van der Waals surface area contributed by atoms with Gasteiger partial charge in [0.15, 0.2) is 0 Å². The van der Waals surface area contributed by atoms with E-state index in [-0.39, 0.29) is 18.2 Å². The van der Waals surface area contributed by atoms with E-state index in [1.54, 1.807) is 23.1 Å². The number of carbonyl (C=O) groups excluding carboxylic acids is 2. The molecule has 0 saturated carbocycles. The van der Waals surface area contributed by atoms with Gasteiger partial charge in [-0.2, -0.15) is 0 Å². The van der Waals surface area contributed by atoms with Crippen LogP contribution in [0.3, 0.4) is 0 Å². The largest absolute Gasteiger partial charge is 0.354 e. The molecule has 0 aromatic heterocycles. The summed E-state index contributed by atoms with van der Waals surface area (Å²) in [5.74, 6) is -0.474. The van der Waals surface area contributed by atoms with Crippen LogP contribution in [-0.2, 0) is 22.4 Å². The maximum absolute atomic E-state index is 14.1. The number of hydrogen-bond acceptors (Lipinski definition) is 2. The molecular weight excluding hydrogens is 367 g/mol. The molecule has 4 nitrogen and oxygen atoms in total. The summed E-state index contributed by atoms with van der Waals surface area (Å²) in [6, 6.07) is 15.6. The van der Waals surface area contributed by atoms with Crippen LogP contribution in [0.2, 0.25) is 0 Å². The molecule has 0 heterocycles. The van der Waals surface area contributed by atoms with E-state index in [0.717, 1.165) is 5.56 Å². The summed E-state index contributed by atoms with van der Waals surface area (Å²) in [5, 5.41) is 2.93. The molecule has 0 saturated heterocycles. The van der Waals surface area contributed by atoms with Gasteiger partial charge in [0.05, 0.1) is 6.42 Å². The number of nitrogens with one attached hydrogen (secondary N) is 1. The topological polar surface area (TPSA) is 49.4 Å². The van der Waals surface area contributed by atoms with E-state index in [9.17, 15) is 14.0 Å². The number of carbonyl (C=O) groups is 2. The average Bonchev–Trinajstić information content (AvgIpc) is 2.71. The lowest BCUT2D eigenvalue weighted by Gasteiger charge is -2.31. The molecule has 2 aromatic rings. The molecule has 2 amide bonds. The van der Waals surface area contributed by atoms with Gasteiger partial charge in [0.1, 0.15) is 11.9 Å². The third kappa shape index (κ3) is 7.00. The van der Waals surface area contributed by atoms with Gasteiger partial charge in [0, 0.05) is 13.1 Å². The second-order valence-corrected chi connectivity index (χ2v) is 7.65. The van der Waals surface area contributed by atoms with Crippen molar-refractivity contribution in [3.63, 3.8) is 0 Å². The first kappa shape index (κ1) is 22.6. The van der Waals surface area contributed by atoms with Crippen molar-refractivity contribution in [3.05, 3.63) is 71.5 Å². The van der Waals surface area contributed by atoms with E-state index in [2.05, 4.69) is 5.32 Å². The highest BCUT2D eigenvalue weighted by molar-refractivity contribution is 5.88. The fourth-order valence-electron chi connectivity index (χ4n) is 3.22. The molecule has 2 aromatic carbocycles. The smallest absolute Gasteiger partial charge is 0.242 e. The Hall–Kier alpha value is -2.69. The SMILES string of the molecule is CC[C@H](C(=O)NCC(C)C)N(CCc1ccccc1)C(=O)Cc1ccccc1F. The molecule has 0 aliphatic rings. The van der Waals surface area contributed by atoms with Gasteiger partial charge in [0.25, 0.3) is 0 Å². The van der Waals surface area contributed by atoms with Gasteiger partial charge < -0.3 is 10.2 Å². The van der Waals surface area contributed by atoms with Crippen LogP contribution in [0.15, 0.2) is 54.6 Å². The Bertz CT molecular complexity index is 792. The Labute approximate surface area is 173 Å². The first-order valence-electron chi connectivity index (χ1n) is 10.3. The zero-order valence-electron chi connectivity index (χ0n) is 17.5. The predicted molar refractivity (Wildman–Crippen MR) is 114 cm³/mol. The van der Waals surface area contributed by atoms with Crippen LogP contribution in [0.1, 0.15) is 38.3 Å². The molecule has 1 N–H and O–H groups in total. The summed E-state index contributed by atoms with van der Waals surface area (Å²) in [6.45, 7) is 6.91. The fraction of sp³-hybridized carbons (Fsp3) is 0.417. The maximum Gasteiger partial charge on any atom is 0.242 e. The number of amides is 2. The number of rotatable bonds is 10. The molecular formula is C24H31FN2O2. The number of hydrogen-bond donors (Lipinski definition) is 1. The summed E-state index contributed by atoms with van der Waals surface area (Å²) in [5.41, 5.74) is 1.44.